The number of hydrogen-bond acceptors (Lipinski definition) is 4. The van der Waals surface area contributed by atoms with Crippen LogP contribution in [0.15, 0.2) is 47.5 Å². The van der Waals surface area contributed by atoms with Gasteiger partial charge in [0.1, 0.15) is 0 Å². The number of rotatable bonds is 5. The molecule has 2 rings (SSSR count). The molecule has 0 bridgehead atoms. The van der Waals surface area contributed by atoms with Crippen molar-refractivity contribution in [3.05, 3.63) is 53.9 Å². The van der Waals surface area contributed by atoms with Crippen LogP contribution < -0.4 is 10.5 Å². The molecule has 0 atom stereocenters. The van der Waals surface area contributed by atoms with Gasteiger partial charge >= 0.3 is 6.18 Å². The predicted octanol–water partition coefficient (Wildman–Crippen LogP) is 2.20. The van der Waals surface area contributed by atoms with Crippen molar-refractivity contribution in [2.24, 2.45) is 0 Å². The van der Waals surface area contributed by atoms with Crippen LogP contribution in [0.25, 0.3) is 0 Å². The monoisotopic (exact) mass is 345 g/mol. The first-order valence-corrected chi connectivity index (χ1v) is 8.05. The summed E-state index contributed by atoms with van der Waals surface area (Å²) in [7, 11) is -4.34. The maximum Gasteiger partial charge on any atom is 0.417 e. The Kier molecular flexibility index (Phi) is 4.90. The molecule has 0 fully saturated rings. The highest BCUT2D eigenvalue weighted by Crippen LogP contribution is 2.35. The molecule has 0 aliphatic rings. The van der Waals surface area contributed by atoms with E-state index in [9.17, 15) is 21.6 Å². The number of aromatic nitrogens is 1. The van der Waals surface area contributed by atoms with Crippen molar-refractivity contribution in [3.63, 3.8) is 0 Å². The molecule has 3 N–H and O–H groups in total. The van der Waals surface area contributed by atoms with Crippen LogP contribution in [-0.2, 0) is 22.6 Å². The fourth-order valence-electron chi connectivity index (χ4n) is 1.93. The van der Waals surface area contributed by atoms with Gasteiger partial charge in [-0.2, -0.15) is 13.2 Å². The summed E-state index contributed by atoms with van der Waals surface area (Å²) >= 11 is 0. The van der Waals surface area contributed by atoms with Gasteiger partial charge in [0, 0.05) is 30.5 Å². The zero-order valence-corrected chi connectivity index (χ0v) is 12.7. The average Bonchev–Trinajstić information content (AvgIpc) is 2.47. The lowest BCUT2D eigenvalue weighted by molar-refractivity contribution is -0.139. The Bertz CT molecular complexity index is 778. The number of benzene rings is 1. The van der Waals surface area contributed by atoms with Crippen molar-refractivity contribution in [2.45, 2.75) is 17.5 Å². The van der Waals surface area contributed by atoms with Crippen LogP contribution >= 0.6 is 0 Å². The minimum Gasteiger partial charge on any atom is -0.399 e. The normalized spacial score (nSPS) is 12.3. The van der Waals surface area contributed by atoms with Crippen molar-refractivity contribution in [3.8, 4) is 0 Å². The molecular formula is C14H14F3N3O2S. The van der Waals surface area contributed by atoms with E-state index in [0.717, 1.165) is 12.1 Å². The summed E-state index contributed by atoms with van der Waals surface area (Å²) in [6.45, 7) is -0.0779. The number of nitrogens with one attached hydrogen (secondary N) is 1. The van der Waals surface area contributed by atoms with Crippen molar-refractivity contribution < 1.29 is 21.6 Å². The van der Waals surface area contributed by atoms with Gasteiger partial charge in [-0.3, -0.25) is 4.98 Å². The molecular weight excluding hydrogens is 331 g/mol. The predicted molar refractivity (Wildman–Crippen MR) is 79.0 cm³/mol. The van der Waals surface area contributed by atoms with E-state index in [1.807, 2.05) is 0 Å². The molecule has 9 heteroatoms. The number of halogens is 3. The van der Waals surface area contributed by atoms with Crippen LogP contribution in [0.1, 0.15) is 11.3 Å². The Labute approximate surface area is 131 Å². The molecule has 2 aromatic rings. The van der Waals surface area contributed by atoms with Crippen LogP contribution in [0.3, 0.4) is 0 Å². The van der Waals surface area contributed by atoms with Gasteiger partial charge in [-0.1, -0.05) is 6.07 Å². The van der Waals surface area contributed by atoms with Crippen LogP contribution in [0.4, 0.5) is 18.9 Å². The molecule has 1 heterocycles. The Morgan fingerprint density at radius 3 is 2.52 bits per heavy atom. The number of anilines is 1. The van der Waals surface area contributed by atoms with E-state index in [1.54, 1.807) is 24.4 Å². The first-order valence-electron chi connectivity index (χ1n) is 6.56. The van der Waals surface area contributed by atoms with E-state index in [2.05, 4.69) is 9.71 Å². The lowest BCUT2D eigenvalue weighted by Gasteiger charge is -2.14. The summed E-state index contributed by atoms with van der Waals surface area (Å²) in [6, 6.07) is 7.59. The van der Waals surface area contributed by atoms with Crippen molar-refractivity contribution >= 4 is 15.7 Å². The Hall–Kier alpha value is -2.13. The summed E-state index contributed by atoms with van der Waals surface area (Å²) < 4.78 is 65.3. The number of nitrogens with two attached hydrogens (primary N) is 1. The second-order valence-corrected chi connectivity index (χ2v) is 6.46. The summed E-state index contributed by atoms with van der Waals surface area (Å²) in [5.41, 5.74) is 4.72. The highest BCUT2D eigenvalue weighted by atomic mass is 32.2. The molecule has 124 valence electrons. The molecule has 0 saturated heterocycles. The van der Waals surface area contributed by atoms with E-state index in [0.29, 0.717) is 11.8 Å². The summed E-state index contributed by atoms with van der Waals surface area (Å²) in [5.74, 6) is 0. The fourth-order valence-corrected chi connectivity index (χ4v) is 3.22. The van der Waals surface area contributed by atoms with Crippen LogP contribution in [0.2, 0.25) is 0 Å². The van der Waals surface area contributed by atoms with E-state index in [-0.39, 0.29) is 18.7 Å². The molecule has 0 aliphatic carbocycles. The third-order valence-corrected chi connectivity index (χ3v) is 4.50. The average molecular weight is 345 g/mol. The van der Waals surface area contributed by atoms with Crippen LogP contribution in [0.5, 0.6) is 0 Å². The molecule has 5 nitrogen and oxygen atoms in total. The lowest BCUT2D eigenvalue weighted by atomic mass is 10.2. The Balaban J connectivity index is 2.21. The molecule has 1 aromatic carbocycles. The number of alkyl halides is 3. The Morgan fingerprint density at radius 2 is 1.91 bits per heavy atom. The number of sulfonamides is 1. The van der Waals surface area contributed by atoms with Gasteiger partial charge in [0.15, 0.2) is 0 Å². The quantitative estimate of drug-likeness (QED) is 0.814. The molecule has 0 aliphatic heterocycles. The van der Waals surface area contributed by atoms with Crippen molar-refractivity contribution in [2.75, 3.05) is 12.3 Å². The van der Waals surface area contributed by atoms with Gasteiger partial charge in [0.2, 0.25) is 10.0 Å². The molecule has 0 spiro atoms. The maximum atomic E-state index is 13.0. The van der Waals surface area contributed by atoms with E-state index in [4.69, 9.17) is 5.73 Å². The number of pyridine rings is 1. The smallest absolute Gasteiger partial charge is 0.399 e. The van der Waals surface area contributed by atoms with Crippen molar-refractivity contribution in [1.29, 1.82) is 0 Å². The van der Waals surface area contributed by atoms with Gasteiger partial charge < -0.3 is 5.73 Å². The minimum atomic E-state index is -4.79. The number of hydrogen-bond donors (Lipinski definition) is 2. The molecule has 23 heavy (non-hydrogen) atoms. The number of nitrogens with zero attached hydrogens (tertiary/aromatic N) is 1. The van der Waals surface area contributed by atoms with Crippen molar-refractivity contribution in [1.82, 2.24) is 9.71 Å². The first-order chi connectivity index (χ1) is 10.7. The zero-order chi connectivity index (χ0) is 17.1. The molecule has 0 radical (unpaired) electrons. The number of nitrogen functional groups attached to an aromatic ring is 1. The highest BCUT2D eigenvalue weighted by molar-refractivity contribution is 7.89. The third kappa shape index (κ3) is 4.42. The fraction of sp³-hybridized carbons (Fsp3) is 0.214. The first kappa shape index (κ1) is 17.2. The second-order valence-electron chi connectivity index (χ2n) is 4.72. The van der Waals surface area contributed by atoms with Gasteiger partial charge in [-0.15, -0.1) is 0 Å². The summed E-state index contributed by atoms with van der Waals surface area (Å²) in [4.78, 5) is 3.12. The Morgan fingerprint density at radius 1 is 1.17 bits per heavy atom. The van der Waals surface area contributed by atoms with E-state index in [1.165, 1.54) is 0 Å². The molecule has 1 aromatic heterocycles. The van der Waals surface area contributed by atoms with E-state index >= 15 is 0 Å². The molecule has 0 unspecified atom stereocenters. The molecule has 0 amide bonds. The molecule has 0 saturated carbocycles. The van der Waals surface area contributed by atoms with Gasteiger partial charge in [0.05, 0.1) is 10.5 Å². The standard InChI is InChI=1S/C14H14F3N3O2S/c15-14(16,17)12-5-4-10(18)9-13(12)23(21,22)20-8-6-11-3-1-2-7-19-11/h1-5,7,9,20H,6,8,18H2. The highest BCUT2D eigenvalue weighted by Gasteiger charge is 2.37. The topological polar surface area (TPSA) is 85.1 Å². The summed E-state index contributed by atoms with van der Waals surface area (Å²) in [6.07, 6.45) is -2.99. The largest absolute Gasteiger partial charge is 0.417 e. The van der Waals surface area contributed by atoms with E-state index < -0.39 is 26.7 Å². The van der Waals surface area contributed by atoms with Gasteiger partial charge in [0.25, 0.3) is 0 Å². The summed E-state index contributed by atoms with van der Waals surface area (Å²) in [5, 5.41) is 0. The third-order valence-electron chi connectivity index (χ3n) is 3.00. The zero-order valence-electron chi connectivity index (χ0n) is 11.8. The lowest BCUT2D eigenvalue weighted by Crippen LogP contribution is -2.28. The van der Waals surface area contributed by atoms with Crippen LogP contribution in [0, 0.1) is 0 Å². The minimum absolute atomic E-state index is 0.0666. The maximum absolute atomic E-state index is 13.0. The second kappa shape index (κ2) is 6.55. The SMILES string of the molecule is Nc1ccc(C(F)(F)F)c(S(=O)(=O)NCCc2ccccn2)c1. The van der Waals surface area contributed by atoms with Gasteiger partial charge in [-0.25, -0.2) is 13.1 Å². The van der Waals surface area contributed by atoms with Gasteiger partial charge in [-0.05, 0) is 30.3 Å². The van der Waals surface area contributed by atoms with Crippen LogP contribution in [-0.4, -0.2) is 19.9 Å².